The van der Waals surface area contributed by atoms with Gasteiger partial charge in [-0.2, -0.15) is 4.98 Å². The SMILES string of the molecule is C=CC(=O)Nc1cc(Nc2ncc(Cl)c(Nc3ccccc3N3CCCCS3(O)O)n2)c(OC)cc1N(C)CCN(C)C. The monoisotopic (exact) mass is 630 g/mol. The Bertz CT molecular complexity index is 1460. The number of rotatable bonds is 12. The quantitative estimate of drug-likeness (QED) is 0.150. The second-order valence-corrected chi connectivity index (χ2v) is 12.8. The van der Waals surface area contributed by atoms with Gasteiger partial charge in [0.2, 0.25) is 11.9 Å². The van der Waals surface area contributed by atoms with Gasteiger partial charge in [0.1, 0.15) is 10.8 Å². The molecule has 1 fully saturated rings. The molecule has 43 heavy (non-hydrogen) atoms. The number of nitrogens with one attached hydrogen (secondary N) is 3. The van der Waals surface area contributed by atoms with Crippen molar-refractivity contribution in [1.29, 1.82) is 0 Å². The number of hydrogen-bond donors (Lipinski definition) is 5. The first-order valence-electron chi connectivity index (χ1n) is 13.7. The molecular weight excluding hydrogens is 592 g/mol. The molecule has 2 aromatic carbocycles. The van der Waals surface area contributed by atoms with E-state index in [1.54, 1.807) is 17.5 Å². The Labute approximate surface area is 259 Å². The van der Waals surface area contributed by atoms with Gasteiger partial charge in [0.05, 0.1) is 47.5 Å². The molecule has 4 rings (SSSR count). The van der Waals surface area contributed by atoms with Crippen LogP contribution in [0.5, 0.6) is 5.75 Å². The summed E-state index contributed by atoms with van der Waals surface area (Å²) in [7, 11) is 4.56. The van der Waals surface area contributed by atoms with Crippen molar-refractivity contribution in [3.63, 3.8) is 0 Å². The normalized spacial score (nSPS) is 15.0. The maximum absolute atomic E-state index is 12.3. The van der Waals surface area contributed by atoms with Crippen LogP contribution in [0.4, 0.5) is 40.2 Å². The number of hydrogen-bond acceptors (Lipinski definition) is 11. The fourth-order valence-corrected chi connectivity index (χ4v) is 6.40. The molecule has 5 N–H and O–H groups in total. The molecular formula is C29H39ClN8O4S. The van der Waals surface area contributed by atoms with Crippen LogP contribution in [-0.2, 0) is 4.79 Å². The van der Waals surface area contributed by atoms with Gasteiger partial charge in [-0.1, -0.05) is 30.3 Å². The average Bonchev–Trinajstić information content (AvgIpc) is 2.98. The fraction of sp³-hybridized carbons (Fsp3) is 0.345. The summed E-state index contributed by atoms with van der Waals surface area (Å²) >= 11 is 6.49. The summed E-state index contributed by atoms with van der Waals surface area (Å²) in [5.74, 6) is 1.03. The van der Waals surface area contributed by atoms with Crippen molar-refractivity contribution in [1.82, 2.24) is 14.9 Å². The topological polar surface area (TPSA) is 138 Å². The smallest absolute Gasteiger partial charge is 0.247 e. The zero-order chi connectivity index (χ0) is 31.1. The van der Waals surface area contributed by atoms with Crippen LogP contribution in [-0.4, -0.2) is 83.5 Å². The average molecular weight is 631 g/mol. The summed E-state index contributed by atoms with van der Waals surface area (Å²) in [6.45, 7) is 5.61. The van der Waals surface area contributed by atoms with Crippen molar-refractivity contribution >= 4 is 68.5 Å². The highest BCUT2D eigenvalue weighted by Gasteiger charge is 2.28. The fourth-order valence-electron chi connectivity index (χ4n) is 4.55. The van der Waals surface area contributed by atoms with E-state index in [2.05, 4.69) is 37.4 Å². The second kappa shape index (κ2) is 14.1. The van der Waals surface area contributed by atoms with Gasteiger partial charge in [-0.3, -0.25) is 18.2 Å². The molecule has 1 aliphatic heterocycles. The number of ether oxygens (including phenoxy) is 1. The Morgan fingerprint density at radius 2 is 1.91 bits per heavy atom. The minimum atomic E-state index is -2.93. The van der Waals surface area contributed by atoms with Crippen molar-refractivity contribution in [2.24, 2.45) is 0 Å². The summed E-state index contributed by atoms with van der Waals surface area (Å²) in [6, 6.07) is 10.9. The lowest BCUT2D eigenvalue weighted by Gasteiger charge is -2.47. The molecule has 12 nitrogen and oxygen atoms in total. The first-order valence-corrected chi connectivity index (χ1v) is 15.8. The van der Waals surface area contributed by atoms with E-state index in [1.165, 1.54) is 12.3 Å². The number of halogens is 1. The van der Waals surface area contributed by atoms with Gasteiger partial charge >= 0.3 is 0 Å². The molecule has 14 heteroatoms. The van der Waals surface area contributed by atoms with Crippen molar-refractivity contribution < 1.29 is 18.6 Å². The molecule has 1 saturated heterocycles. The van der Waals surface area contributed by atoms with Crippen LogP contribution < -0.4 is 29.9 Å². The van der Waals surface area contributed by atoms with E-state index >= 15 is 0 Å². The summed E-state index contributed by atoms with van der Waals surface area (Å²) in [5.41, 5.74) is 3.09. The zero-order valence-electron chi connectivity index (χ0n) is 24.8. The van der Waals surface area contributed by atoms with E-state index < -0.39 is 10.8 Å². The predicted molar refractivity (Wildman–Crippen MR) is 178 cm³/mol. The summed E-state index contributed by atoms with van der Waals surface area (Å²) in [5, 5.41) is 9.57. The van der Waals surface area contributed by atoms with Crippen LogP contribution in [0, 0.1) is 0 Å². The van der Waals surface area contributed by atoms with Gasteiger partial charge in [-0.25, -0.2) is 4.98 Å². The highest BCUT2D eigenvalue weighted by atomic mass is 35.5. The Morgan fingerprint density at radius 1 is 1.14 bits per heavy atom. The number of carbonyl (C=O) groups excluding carboxylic acids is 1. The Balaban J connectivity index is 1.65. The largest absolute Gasteiger partial charge is 0.494 e. The third-order valence-electron chi connectivity index (χ3n) is 6.85. The van der Waals surface area contributed by atoms with Crippen LogP contribution >= 0.6 is 22.4 Å². The van der Waals surface area contributed by atoms with Gasteiger partial charge in [-0.05, 0) is 51.2 Å². The molecule has 0 unspecified atom stereocenters. The molecule has 1 aliphatic rings. The van der Waals surface area contributed by atoms with E-state index in [4.69, 9.17) is 16.3 Å². The van der Waals surface area contributed by atoms with Gasteiger partial charge in [-0.15, -0.1) is 10.8 Å². The van der Waals surface area contributed by atoms with E-state index in [0.29, 0.717) is 53.2 Å². The summed E-state index contributed by atoms with van der Waals surface area (Å²) < 4.78 is 28.8. The summed E-state index contributed by atoms with van der Waals surface area (Å²) in [6.07, 6.45) is 4.29. The molecule has 0 bridgehead atoms. The molecule has 0 atom stereocenters. The number of nitrogens with zero attached hydrogens (tertiary/aromatic N) is 5. The standard InChI is InChI=1S/C29H39ClN8O4S/c1-6-27(39)32-22-17-23(26(42-5)18-25(22)37(4)15-14-36(2)3)34-29-31-19-20(30)28(35-29)33-21-11-7-8-12-24(21)38-13-9-10-16-43(38,40)41/h6-8,11-12,17-19,40-41H,1,9-10,13-16H2,2-5H3,(H,32,39)(H2,31,33,34,35). The van der Waals surface area contributed by atoms with Crippen LogP contribution in [0.3, 0.4) is 0 Å². The van der Waals surface area contributed by atoms with Crippen LogP contribution in [0.25, 0.3) is 0 Å². The van der Waals surface area contributed by atoms with Crippen LogP contribution in [0.1, 0.15) is 12.8 Å². The Kier molecular flexibility index (Phi) is 10.6. The molecule has 1 amide bonds. The van der Waals surface area contributed by atoms with Crippen molar-refractivity contribution in [2.75, 3.05) is 78.8 Å². The van der Waals surface area contributed by atoms with E-state index in [0.717, 1.165) is 25.1 Å². The second-order valence-electron chi connectivity index (χ2n) is 10.3. The van der Waals surface area contributed by atoms with Crippen LogP contribution in [0.2, 0.25) is 5.02 Å². The predicted octanol–water partition coefficient (Wildman–Crippen LogP) is 6.01. The number of para-hydroxylation sites is 2. The third kappa shape index (κ3) is 8.00. The van der Waals surface area contributed by atoms with Crippen molar-refractivity contribution in [2.45, 2.75) is 12.8 Å². The maximum Gasteiger partial charge on any atom is 0.247 e. The number of anilines is 7. The number of likely N-dealkylation sites (N-methyl/N-ethyl adjacent to an activating group) is 2. The number of benzene rings is 2. The van der Waals surface area contributed by atoms with Crippen molar-refractivity contribution in [3.8, 4) is 5.75 Å². The lowest BCUT2D eigenvalue weighted by atomic mass is 10.2. The number of aromatic nitrogens is 2. The summed E-state index contributed by atoms with van der Waals surface area (Å²) in [4.78, 5) is 25.3. The molecule has 0 saturated carbocycles. The maximum atomic E-state index is 12.3. The Morgan fingerprint density at radius 3 is 2.60 bits per heavy atom. The van der Waals surface area contributed by atoms with Gasteiger partial charge in [0.25, 0.3) is 0 Å². The molecule has 0 aliphatic carbocycles. The highest BCUT2D eigenvalue weighted by Crippen LogP contribution is 2.51. The van der Waals surface area contributed by atoms with E-state index in [-0.39, 0.29) is 16.9 Å². The third-order valence-corrected chi connectivity index (χ3v) is 9.05. The van der Waals surface area contributed by atoms with Crippen molar-refractivity contribution in [3.05, 3.63) is 60.3 Å². The Hall–Kier alpha value is -3.75. The molecule has 2 heterocycles. The molecule has 0 spiro atoms. The number of carbonyl (C=O) groups is 1. The first-order chi connectivity index (χ1) is 20.5. The molecule has 232 valence electrons. The zero-order valence-corrected chi connectivity index (χ0v) is 26.4. The molecule has 3 aromatic rings. The van der Waals surface area contributed by atoms with Crippen LogP contribution in [0.15, 0.2) is 55.3 Å². The number of methoxy groups -OCH3 is 1. The lowest BCUT2D eigenvalue weighted by molar-refractivity contribution is -0.111. The highest BCUT2D eigenvalue weighted by molar-refractivity contribution is 8.25. The minimum absolute atomic E-state index is 0.222. The first kappa shape index (κ1) is 32.2. The van der Waals surface area contributed by atoms with Gasteiger partial charge in [0.15, 0.2) is 5.82 Å². The number of amides is 1. The van der Waals surface area contributed by atoms with Gasteiger partial charge in [0, 0.05) is 32.7 Å². The molecule has 0 radical (unpaired) electrons. The van der Waals surface area contributed by atoms with E-state index in [1.807, 2.05) is 56.4 Å². The minimum Gasteiger partial charge on any atom is -0.494 e. The van der Waals surface area contributed by atoms with E-state index in [9.17, 15) is 13.9 Å². The van der Waals surface area contributed by atoms with Gasteiger partial charge < -0.3 is 30.5 Å². The molecule has 1 aromatic heterocycles. The lowest BCUT2D eigenvalue weighted by Crippen LogP contribution is -2.34.